The largest absolute Gasteiger partial charge is 0.292 e. The topological polar surface area (TPSA) is 12.4 Å². The third-order valence-corrected chi connectivity index (χ3v) is 3.30. The fraction of sp³-hybridized carbons (Fsp3) is 0.500. The van der Waals surface area contributed by atoms with Crippen LogP contribution in [-0.4, -0.2) is 12.8 Å². The zero-order valence-corrected chi connectivity index (χ0v) is 9.45. The molecule has 1 fully saturated rings. The monoisotopic (exact) mass is 201 g/mol. The molecule has 0 saturated heterocycles. The second-order valence-corrected chi connectivity index (χ2v) is 4.31. The summed E-state index contributed by atoms with van der Waals surface area (Å²) in [5.41, 5.74) is 2.63. The van der Waals surface area contributed by atoms with Crippen LogP contribution >= 0.6 is 0 Å². The standard InChI is InChI=1S/C14H19N/c1-15-14(12-8-4-2-5-9-12)13-10-6-3-7-11-13/h2,4-5,8-9,13H,3,6-7,10-11H2,1H3. The first-order valence-corrected chi connectivity index (χ1v) is 5.94. The quantitative estimate of drug-likeness (QED) is 0.647. The van der Waals surface area contributed by atoms with E-state index in [4.69, 9.17) is 0 Å². The van der Waals surface area contributed by atoms with Gasteiger partial charge in [0, 0.05) is 18.7 Å². The van der Waals surface area contributed by atoms with Gasteiger partial charge in [-0.25, -0.2) is 0 Å². The summed E-state index contributed by atoms with van der Waals surface area (Å²) in [6, 6.07) is 10.6. The molecule has 0 atom stereocenters. The molecule has 1 heteroatoms. The zero-order valence-electron chi connectivity index (χ0n) is 9.45. The zero-order chi connectivity index (χ0) is 10.5. The Morgan fingerprint density at radius 1 is 1.07 bits per heavy atom. The maximum absolute atomic E-state index is 4.50. The second kappa shape index (κ2) is 5.11. The maximum atomic E-state index is 4.50. The van der Waals surface area contributed by atoms with Gasteiger partial charge in [-0.15, -0.1) is 0 Å². The van der Waals surface area contributed by atoms with Gasteiger partial charge in [-0.05, 0) is 18.4 Å². The van der Waals surface area contributed by atoms with E-state index in [2.05, 4.69) is 35.3 Å². The molecule has 0 amide bonds. The van der Waals surface area contributed by atoms with Crippen molar-refractivity contribution < 1.29 is 0 Å². The third kappa shape index (κ3) is 2.47. The van der Waals surface area contributed by atoms with Crippen LogP contribution in [0.2, 0.25) is 0 Å². The fourth-order valence-electron chi connectivity index (χ4n) is 2.53. The van der Waals surface area contributed by atoms with Crippen molar-refractivity contribution in [2.45, 2.75) is 32.1 Å². The summed E-state index contributed by atoms with van der Waals surface area (Å²) in [6.45, 7) is 0. The van der Waals surface area contributed by atoms with Crippen LogP contribution < -0.4 is 0 Å². The number of nitrogens with zero attached hydrogens (tertiary/aromatic N) is 1. The van der Waals surface area contributed by atoms with Crippen LogP contribution in [0.3, 0.4) is 0 Å². The van der Waals surface area contributed by atoms with Crippen molar-refractivity contribution in [3.8, 4) is 0 Å². The van der Waals surface area contributed by atoms with Gasteiger partial charge < -0.3 is 0 Å². The van der Waals surface area contributed by atoms with Gasteiger partial charge >= 0.3 is 0 Å². The summed E-state index contributed by atoms with van der Waals surface area (Å²) in [4.78, 5) is 4.50. The normalized spacial score (nSPS) is 19.1. The minimum absolute atomic E-state index is 0.700. The summed E-state index contributed by atoms with van der Waals surface area (Å²) >= 11 is 0. The van der Waals surface area contributed by atoms with Crippen LogP contribution in [0, 0.1) is 5.92 Å². The Kier molecular flexibility index (Phi) is 3.54. The average molecular weight is 201 g/mol. The Morgan fingerprint density at radius 3 is 2.33 bits per heavy atom. The molecular weight excluding hydrogens is 182 g/mol. The van der Waals surface area contributed by atoms with Crippen molar-refractivity contribution in [3.63, 3.8) is 0 Å². The van der Waals surface area contributed by atoms with Crippen LogP contribution in [0.15, 0.2) is 35.3 Å². The Hall–Kier alpha value is -1.11. The summed E-state index contributed by atoms with van der Waals surface area (Å²) in [6.07, 6.45) is 6.79. The van der Waals surface area contributed by atoms with E-state index in [1.165, 1.54) is 43.4 Å². The lowest BCUT2D eigenvalue weighted by Crippen LogP contribution is -2.18. The molecule has 1 saturated carbocycles. The van der Waals surface area contributed by atoms with Crippen molar-refractivity contribution in [2.75, 3.05) is 7.05 Å². The molecule has 0 heterocycles. The fourth-order valence-corrected chi connectivity index (χ4v) is 2.53. The van der Waals surface area contributed by atoms with Crippen LogP contribution in [-0.2, 0) is 0 Å². The smallest absolute Gasteiger partial charge is 0.0448 e. The first-order valence-electron chi connectivity index (χ1n) is 5.94. The molecule has 0 spiro atoms. The molecule has 2 rings (SSSR count). The number of rotatable bonds is 2. The van der Waals surface area contributed by atoms with Gasteiger partial charge in [-0.3, -0.25) is 4.99 Å². The van der Waals surface area contributed by atoms with Crippen molar-refractivity contribution in [1.82, 2.24) is 0 Å². The highest BCUT2D eigenvalue weighted by Crippen LogP contribution is 2.27. The van der Waals surface area contributed by atoms with Gasteiger partial charge in [0.15, 0.2) is 0 Å². The molecule has 0 aromatic heterocycles. The van der Waals surface area contributed by atoms with E-state index in [1.807, 2.05) is 7.05 Å². The molecule has 1 nitrogen and oxygen atoms in total. The van der Waals surface area contributed by atoms with E-state index in [1.54, 1.807) is 0 Å². The first kappa shape index (κ1) is 10.4. The van der Waals surface area contributed by atoms with Crippen molar-refractivity contribution in [3.05, 3.63) is 35.9 Å². The molecule has 0 bridgehead atoms. The predicted molar refractivity (Wildman–Crippen MR) is 65.5 cm³/mol. The van der Waals surface area contributed by atoms with Gasteiger partial charge in [0.2, 0.25) is 0 Å². The Labute approximate surface area is 92.2 Å². The predicted octanol–water partition coefficient (Wildman–Crippen LogP) is 3.69. The molecule has 0 N–H and O–H groups in total. The number of hydrogen-bond acceptors (Lipinski definition) is 1. The average Bonchev–Trinajstić information content (AvgIpc) is 2.33. The van der Waals surface area contributed by atoms with E-state index in [0.29, 0.717) is 5.92 Å². The lowest BCUT2D eigenvalue weighted by Gasteiger charge is -2.23. The molecule has 1 aliphatic carbocycles. The second-order valence-electron chi connectivity index (χ2n) is 4.31. The van der Waals surface area contributed by atoms with E-state index in [0.717, 1.165) is 0 Å². The van der Waals surface area contributed by atoms with Crippen LogP contribution in [0.4, 0.5) is 0 Å². The van der Waals surface area contributed by atoms with E-state index < -0.39 is 0 Å². The molecule has 1 aliphatic rings. The highest BCUT2D eigenvalue weighted by Gasteiger charge is 2.19. The number of aliphatic imine (C=N–C) groups is 1. The van der Waals surface area contributed by atoms with Crippen LogP contribution in [0.5, 0.6) is 0 Å². The lowest BCUT2D eigenvalue weighted by atomic mass is 9.83. The van der Waals surface area contributed by atoms with Crippen LogP contribution in [0.1, 0.15) is 37.7 Å². The van der Waals surface area contributed by atoms with Gasteiger partial charge in [0.1, 0.15) is 0 Å². The molecule has 0 unspecified atom stereocenters. The van der Waals surface area contributed by atoms with Gasteiger partial charge in [-0.2, -0.15) is 0 Å². The molecule has 0 radical (unpaired) electrons. The first-order chi connectivity index (χ1) is 7.42. The molecule has 15 heavy (non-hydrogen) atoms. The van der Waals surface area contributed by atoms with Gasteiger partial charge in [0.25, 0.3) is 0 Å². The molecule has 80 valence electrons. The molecule has 0 aliphatic heterocycles. The van der Waals surface area contributed by atoms with Gasteiger partial charge in [0.05, 0.1) is 0 Å². The van der Waals surface area contributed by atoms with Crippen LogP contribution in [0.25, 0.3) is 0 Å². The Bertz CT molecular complexity index is 320. The maximum Gasteiger partial charge on any atom is 0.0448 e. The summed E-state index contributed by atoms with van der Waals surface area (Å²) in [5, 5.41) is 0. The highest BCUT2D eigenvalue weighted by atomic mass is 14.7. The molecule has 1 aromatic carbocycles. The number of hydrogen-bond donors (Lipinski definition) is 0. The van der Waals surface area contributed by atoms with E-state index in [-0.39, 0.29) is 0 Å². The van der Waals surface area contributed by atoms with Gasteiger partial charge in [-0.1, -0.05) is 49.6 Å². The van der Waals surface area contributed by atoms with E-state index in [9.17, 15) is 0 Å². The molecular formula is C14H19N. The highest BCUT2D eigenvalue weighted by molar-refractivity contribution is 6.02. The Balaban J connectivity index is 2.17. The minimum atomic E-state index is 0.700. The third-order valence-electron chi connectivity index (χ3n) is 3.30. The summed E-state index contributed by atoms with van der Waals surface area (Å²) in [7, 11) is 1.93. The van der Waals surface area contributed by atoms with E-state index >= 15 is 0 Å². The summed E-state index contributed by atoms with van der Waals surface area (Å²) in [5.74, 6) is 0.700. The minimum Gasteiger partial charge on any atom is -0.292 e. The van der Waals surface area contributed by atoms with Crippen molar-refractivity contribution >= 4 is 5.71 Å². The molecule has 1 aromatic rings. The summed E-state index contributed by atoms with van der Waals surface area (Å²) < 4.78 is 0. The lowest BCUT2D eigenvalue weighted by molar-refractivity contribution is 0.439. The SMILES string of the molecule is CN=C(c1ccccc1)C1CCCCC1. The number of benzene rings is 1. The van der Waals surface area contributed by atoms with Crippen molar-refractivity contribution in [1.29, 1.82) is 0 Å². The Morgan fingerprint density at radius 2 is 1.73 bits per heavy atom. The van der Waals surface area contributed by atoms with Crippen molar-refractivity contribution in [2.24, 2.45) is 10.9 Å².